The summed E-state index contributed by atoms with van der Waals surface area (Å²) in [6, 6.07) is 5.78. The normalized spacial score (nSPS) is 10.8. The lowest BCUT2D eigenvalue weighted by molar-refractivity contribution is 0.750. The molecular weight excluding hydrogens is 202 g/mol. The van der Waals surface area contributed by atoms with E-state index >= 15 is 0 Å². The predicted molar refractivity (Wildman–Crippen MR) is 61.4 cm³/mol. The van der Waals surface area contributed by atoms with Gasteiger partial charge in [0.2, 0.25) is 0 Å². The Labute approximate surface area is 88.7 Å². The average molecular weight is 216 g/mol. The van der Waals surface area contributed by atoms with Crippen molar-refractivity contribution >= 4 is 29.1 Å². The van der Waals surface area contributed by atoms with Gasteiger partial charge in [-0.25, -0.2) is 0 Å². The van der Waals surface area contributed by atoms with Gasteiger partial charge in [0.15, 0.2) is 0 Å². The van der Waals surface area contributed by atoms with Crippen LogP contribution in [-0.2, 0) is 0 Å². The lowest BCUT2D eigenvalue weighted by Crippen LogP contribution is -1.91. The van der Waals surface area contributed by atoms with Crippen LogP contribution in [0.2, 0.25) is 5.02 Å². The van der Waals surface area contributed by atoms with Gasteiger partial charge < -0.3 is 5.73 Å². The highest BCUT2D eigenvalue weighted by Crippen LogP contribution is 2.27. The predicted octanol–water partition coefficient (Wildman–Crippen LogP) is 3.67. The van der Waals surface area contributed by atoms with Gasteiger partial charge in [0, 0.05) is 10.6 Å². The number of nitrogens with two attached hydrogens (primary N) is 1. The van der Waals surface area contributed by atoms with Gasteiger partial charge in [0.05, 0.1) is 10.7 Å². The first-order valence-electron chi connectivity index (χ1n) is 4.27. The summed E-state index contributed by atoms with van der Waals surface area (Å²) >= 11 is 7.70. The molecule has 1 aromatic rings. The molecule has 0 saturated carbocycles. The first-order valence-corrected chi connectivity index (χ1v) is 5.64. The highest BCUT2D eigenvalue weighted by atomic mass is 35.5. The maximum atomic E-state index is 5.89. The van der Waals surface area contributed by atoms with E-state index in [1.165, 1.54) is 4.90 Å². The quantitative estimate of drug-likeness (QED) is 0.615. The van der Waals surface area contributed by atoms with E-state index in [9.17, 15) is 0 Å². The second-order valence-corrected chi connectivity index (χ2v) is 4.89. The molecule has 1 rings (SSSR count). The maximum Gasteiger partial charge on any atom is 0.0646 e. The Balaban J connectivity index is 2.63. The van der Waals surface area contributed by atoms with Crippen LogP contribution in [-0.4, -0.2) is 5.75 Å². The van der Waals surface area contributed by atoms with E-state index < -0.39 is 0 Å². The third-order valence-corrected chi connectivity index (χ3v) is 3.30. The molecule has 13 heavy (non-hydrogen) atoms. The molecule has 0 aliphatic heterocycles. The fourth-order valence-electron chi connectivity index (χ4n) is 0.861. The summed E-state index contributed by atoms with van der Waals surface area (Å²) < 4.78 is 0. The first-order chi connectivity index (χ1) is 6.09. The summed E-state index contributed by atoms with van der Waals surface area (Å²) in [6.45, 7) is 4.40. The minimum Gasteiger partial charge on any atom is -0.398 e. The Hall–Kier alpha value is -0.340. The SMILES string of the molecule is CC(C)CSc1ccc(N)c(Cl)c1. The van der Waals surface area contributed by atoms with Crippen LogP contribution in [0.4, 0.5) is 5.69 Å². The van der Waals surface area contributed by atoms with Crippen molar-refractivity contribution in [1.29, 1.82) is 0 Å². The third kappa shape index (κ3) is 3.49. The fourth-order valence-corrected chi connectivity index (χ4v) is 2.00. The number of thioether (sulfide) groups is 1. The molecule has 0 aliphatic carbocycles. The molecule has 0 heterocycles. The van der Waals surface area contributed by atoms with Gasteiger partial charge in [-0.1, -0.05) is 25.4 Å². The molecular formula is C10H14ClNS. The van der Waals surface area contributed by atoms with Crippen molar-refractivity contribution in [2.45, 2.75) is 18.7 Å². The minimum atomic E-state index is 0.647. The number of hydrogen-bond donors (Lipinski definition) is 1. The molecule has 3 heteroatoms. The number of rotatable bonds is 3. The molecule has 1 nitrogen and oxygen atoms in total. The molecule has 0 fully saturated rings. The summed E-state index contributed by atoms with van der Waals surface area (Å²) in [5.74, 6) is 1.81. The summed E-state index contributed by atoms with van der Waals surface area (Å²) in [7, 11) is 0. The van der Waals surface area contributed by atoms with Crippen LogP contribution >= 0.6 is 23.4 Å². The highest BCUT2D eigenvalue weighted by molar-refractivity contribution is 7.99. The minimum absolute atomic E-state index is 0.647. The molecule has 2 N–H and O–H groups in total. The molecule has 0 aromatic heterocycles. The van der Waals surface area contributed by atoms with E-state index in [1.54, 1.807) is 0 Å². The third-order valence-electron chi connectivity index (χ3n) is 1.56. The van der Waals surface area contributed by atoms with E-state index in [0.29, 0.717) is 16.6 Å². The maximum absolute atomic E-state index is 5.89. The van der Waals surface area contributed by atoms with E-state index in [4.69, 9.17) is 17.3 Å². The van der Waals surface area contributed by atoms with Crippen molar-refractivity contribution in [3.8, 4) is 0 Å². The lowest BCUT2D eigenvalue weighted by atomic mass is 10.3. The summed E-state index contributed by atoms with van der Waals surface area (Å²) in [4.78, 5) is 1.19. The number of hydrogen-bond acceptors (Lipinski definition) is 2. The largest absolute Gasteiger partial charge is 0.398 e. The molecule has 0 saturated heterocycles. The van der Waals surface area contributed by atoms with Crippen molar-refractivity contribution in [2.24, 2.45) is 5.92 Å². The smallest absolute Gasteiger partial charge is 0.0646 e. The van der Waals surface area contributed by atoms with Crippen LogP contribution in [0.15, 0.2) is 23.1 Å². The molecule has 0 unspecified atom stereocenters. The number of nitrogen functional groups attached to an aromatic ring is 1. The first kappa shape index (κ1) is 10.7. The van der Waals surface area contributed by atoms with Crippen LogP contribution in [0.25, 0.3) is 0 Å². The Kier molecular flexibility index (Phi) is 3.94. The fraction of sp³-hybridized carbons (Fsp3) is 0.400. The van der Waals surface area contributed by atoms with Gasteiger partial charge in [0.1, 0.15) is 0 Å². The van der Waals surface area contributed by atoms with Crippen molar-refractivity contribution in [3.05, 3.63) is 23.2 Å². The number of anilines is 1. The van der Waals surface area contributed by atoms with Crippen LogP contribution in [0.1, 0.15) is 13.8 Å². The van der Waals surface area contributed by atoms with Crippen molar-refractivity contribution in [2.75, 3.05) is 11.5 Å². The zero-order chi connectivity index (χ0) is 9.84. The van der Waals surface area contributed by atoms with E-state index in [1.807, 2.05) is 30.0 Å². The average Bonchev–Trinajstić information content (AvgIpc) is 2.07. The van der Waals surface area contributed by atoms with Gasteiger partial charge in [-0.3, -0.25) is 0 Å². The second-order valence-electron chi connectivity index (χ2n) is 3.39. The summed E-state index contributed by atoms with van der Waals surface area (Å²) in [6.07, 6.45) is 0. The van der Waals surface area contributed by atoms with Gasteiger partial charge in [0.25, 0.3) is 0 Å². The van der Waals surface area contributed by atoms with E-state index in [2.05, 4.69) is 13.8 Å². The lowest BCUT2D eigenvalue weighted by Gasteiger charge is -2.05. The van der Waals surface area contributed by atoms with Crippen molar-refractivity contribution in [1.82, 2.24) is 0 Å². The molecule has 0 spiro atoms. The molecule has 0 radical (unpaired) electrons. The molecule has 72 valence electrons. The molecule has 0 aliphatic rings. The number of benzene rings is 1. The Bertz CT molecular complexity index is 286. The van der Waals surface area contributed by atoms with Gasteiger partial charge in [-0.2, -0.15) is 0 Å². The zero-order valence-corrected chi connectivity index (χ0v) is 9.45. The summed E-state index contributed by atoms with van der Waals surface area (Å²) in [5.41, 5.74) is 6.25. The Morgan fingerprint density at radius 2 is 2.15 bits per heavy atom. The van der Waals surface area contributed by atoms with Crippen LogP contribution in [0, 0.1) is 5.92 Å². The Morgan fingerprint density at radius 3 is 2.69 bits per heavy atom. The second kappa shape index (κ2) is 4.77. The topological polar surface area (TPSA) is 26.0 Å². The van der Waals surface area contributed by atoms with Gasteiger partial charge in [-0.05, 0) is 24.1 Å². The van der Waals surface area contributed by atoms with Crippen molar-refractivity contribution in [3.63, 3.8) is 0 Å². The molecule has 0 atom stereocenters. The van der Waals surface area contributed by atoms with Crippen LogP contribution in [0.3, 0.4) is 0 Å². The van der Waals surface area contributed by atoms with Gasteiger partial charge in [-0.15, -0.1) is 11.8 Å². The van der Waals surface area contributed by atoms with E-state index in [0.717, 1.165) is 5.75 Å². The van der Waals surface area contributed by atoms with Crippen LogP contribution in [0.5, 0.6) is 0 Å². The van der Waals surface area contributed by atoms with Gasteiger partial charge >= 0.3 is 0 Å². The van der Waals surface area contributed by atoms with Crippen molar-refractivity contribution < 1.29 is 0 Å². The van der Waals surface area contributed by atoms with E-state index in [-0.39, 0.29) is 0 Å². The molecule has 0 bridgehead atoms. The molecule has 0 amide bonds. The monoisotopic (exact) mass is 215 g/mol. The zero-order valence-electron chi connectivity index (χ0n) is 7.88. The highest BCUT2D eigenvalue weighted by Gasteiger charge is 2.00. The Morgan fingerprint density at radius 1 is 1.46 bits per heavy atom. The molecule has 1 aromatic carbocycles. The summed E-state index contributed by atoms with van der Waals surface area (Å²) in [5, 5.41) is 0.647. The standard InChI is InChI=1S/C10H14ClNS/c1-7(2)6-13-8-3-4-10(12)9(11)5-8/h3-5,7H,6,12H2,1-2H3. The number of halogens is 1. The van der Waals surface area contributed by atoms with Crippen LogP contribution < -0.4 is 5.73 Å².